The Kier molecular flexibility index (Phi) is 3.98. The third-order valence-corrected chi connectivity index (χ3v) is 4.91. The summed E-state index contributed by atoms with van der Waals surface area (Å²) in [6.07, 6.45) is 3.26. The van der Waals surface area contributed by atoms with Crippen LogP contribution in [0.25, 0.3) is 0 Å². The first-order valence-electron chi connectivity index (χ1n) is 7.38. The highest BCUT2D eigenvalue weighted by Crippen LogP contribution is 2.32. The number of hydrogen-bond donors (Lipinski definition) is 0. The molecule has 106 valence electrons. The van der Waals surface area contributed by atoms with Gasteiger partial charge in [0.2, 0.25) is 0 Å². The normalized spacial score (nSPS) is 13.2. The zero-order valence-corrected chi connectivity index (χ0v) is 13.2. The molecule has 0 unspecified atom stereocenters. The van der Waals surface area contributed by atoms with Gasteiger partial charge in [-0.3, -0.25) is 0 Å². The van der Waals surface area contributed by atoms with E-state index in [-0.39, 0.29) is 0 Å². The van der Waals surface area contributed by atoms with Crippen molar-refractivity contribution in [2.45, 2.75) is 48.9 Å². The van der Waals surface area contributed by atoms with Gasteiger partial charge < -0.3 is 0 Å². The quantitative estimate of drug-likeness (QED) is 0.822. The molecule has 0 saturated carbocycles. The molecule has 2 aromatic rings. The highest BCUT2D eigenvalue weighted by molar-refractivity contribution is 7.99. The molecule has 1 aliphatic carbocycles. The van der Waals surface area contributed by atoms with Crippen molar-refractivity contribution < 1.29 is 0 Å². The Bertz CT molecular complexity index is 696. The van der Waals surface area contributed by atoms with E-state index in [9.17, 15) is 5.26 Å². The smallest absolute Gasteiger partial charge is 0.119 e. The Morgan fingerprint density at radius 3 is 2.62 bits per heavy atom. The maximum Gasteiger partial charge on any atom is 0.119 e. The van der Waals surface area contributed by atoms with Crippen LogP contribution < -0.4 is 0 Å². The van der Waals surface area contributed by atoms with Gasteiger partial charge in [0.1, 0.15) is 11.1 Å². The second-order valence-corrected chi connectivity index (χ2v) is 6.80. The lowest BCUT2D eigenvalue weighted by Crippen LogP contribution is -1.95. The fourth-order valence-electron chi connectivity index (χ4n) is 2.64. The number of benzene rings is 1. The van der Waals surface area contributed by atoms with Crippen LogP contribution in [0.2, 0.25) is 0 Å². The molecule has 2 nitrogen and oxygen atoms in total. The van der Waals surface area contributed by atoms with Crippen LogP contribution in [0, 0.1) is 11.3 Å². The van der Waals surface area contributed by atoms with Crippen LogP contribution >= 0.6 is 11.8 Å². The Hall–Kier alpha value is -1.79. The zero-order valence-electron chi connectivity index (χ0n) is 12.4. The minimum atomic E-state index is 0.539. The van der Waals surface area contributed by atoms with Crippen molar-refractivity contribution >= 4 is 11.8 Å². The standard InChI is InChI=1S/C18H18N2S/c1-12(2)13-6-8-16(9-7-13)21-18-15(11-19)10-14-4-3-5-17(14)20-18/h6-10,12H,3-5H2,1-2H3. The van der Waals surface area contributed by atoms with E-state index in [0.717, 1.165) is 29.2 Å². The molecule has 21 heavy (non-hydrogen) atoms. The van der Waals surface area contributed by atoms with Gasteiger partial charge in [-0.25, -0.2) is 4.98 Å². The summed E-state index contributed by atoms with van der Waals surface area (Å²) in [6, 6.07) is 12.9. The van der Waals surface area contributed by atoms with E-state index in [0.29, 0.717) is 11.5 Å². The summed E-state index contributed by atoms with van der Waals surface area (Å²) >= 11 is 1.59. The highest BCUT2D eigenvalue weighted by atomic mass is 32.2. The van der Waals surface area contributed by atoms with Gasteiger partial charge in [-0.15, -0.1) is 0 Å². The van der Waals surface area contributed by atoms with Gasteiger partial charge >= 0.3 is 0 Å². The summed E-state index contributed by atoms with van der Waals surface area (Å²) in [5.41, 5.74) is 4.47. The molecule has 3 heteroatoms. The third-order valence-electron chi connectivity index (χ3n) is 3.90. The van der Waals surface area contributed by atoms with Gasteiger partial charge in [0.05, 0.1) is 5.56 Å². The lowest BCUT2D eigenvalue weighted by atomic mass is 10.0. The predicted molar refractivity (Wildman–Crippen MR) is 85.6 cm³/mol. The molecular formula is C18H18N2S. The molecule has 0 aliphatic heterocycles. The van der Waals surface area contributed by atoms with Crippen LogP contribution in [0.15, 0.2) is 40.3 Å². The Morgan fingerprint density at radius 2 is 1.95 bits per heavy atom. The first-order valence-corrected chi connectivity index (χ1v) is 8.19. The van der Waals surface area contributed by atoms with Crippen LogP contribution in [0.4, 0.5) is 0 Å². The van der Waals surface area contributed by atoms with Crippen molar-refractivity contribution in [2.75, 3.05) is 0 Å². The highest BCUT2D eigenvalue weighted by Gasteiger charge is 2.17. The zero-order chi connectivity index (χ0) is 14.8. The van der Waals surface area contributed by atoms with E-state index in [1.54, 1.807) is 11.8 Å². The van der Waals surface area contributed by atoms with Crippen LogP contribution in [0.3, 0.4) is 0 Å². The fraction of sp³-hybridized carbons (Fsp3) is 0.333. The van der Waals surface area contributed by atoms with Crippen molar-refractivity contribution in [1.82, 2.24) is 4.98 Å². The summed E-state index contributed by atoms with van der Waals surface area (Å²) in [5, 5.41) is 10.2. The lowest BCUT2D eigenvalue weighted by Gasteiger charge is -2.08. The number of nitriles is 1. The van der Waals surface area contributed by atoms with E-state index >= 15 is 0 Å². The Balaban J connectivity index is 1.89. The van der Waals surface area contributed by atoms with Crippen molar-refractivity contribution in [3.05, 3.63) is 52.7 Å². The number of aromatic nitrogens is 1. The van der Waals surface area contributed by atoms with E-state index in [2.05, 4.69) is 44.2 Å². The van der Waals surface area contributed by atoms with E-state index in [1.807, 2.05) is 6.07 Å². The van der Waals surface area contributed by atoms with Crippen molar-refractivity contribution in [2.24, 2.45) is 0 Å². The van der Waals surface area contributed by atoms with Crippen molar-refractivity contribution in [3.63, 3.8) is 0 Å². The number of fused-ring (bicyclic) bond motifs is 1. The maximum absolute atomic E-state index is 9.34. The predicted octanol–water partition coefficient (Wildman–Crippen LogP) is 4.72. The van der Waals surface area contributed by atoms with Crippen LogP contribution in [0.5, 0.6) is 0 Å². The largest absolute Gasteiger partial charge is 0.244 e. The first-order chi connectivity index (χ1) is 10.2. The summed E-state index contributed by atoms with van der Waals surface area (Å²) in [7, 11) is 0. The molecular weight excluding hydrogens is 276 g/mol. The number of pyridine rings is 1. The third kappa shape index (κ3) is 2.96. The van der Waals surface area contributed by atoms with Gasteiger partial charge in [0.25, 0.3) is 0 Å². The van der Waals surface area contributed by atoms with E-state index < -0.39 is 0 Å². The molecule has 0 fully saturated rings. The minimum Gasteiger partial charge on any atom is -0.244 e. The van der Waals surface area contributed by atoms with Gasteiger partial charge in [0.15, 0.2) is 0 Å². The molecule has 1 aromatic carbocycles. The molecule has 1 aliphatic rings. The summed E-state index contributed by atoms with van der Waals surface area (Å²) in [4.78, 5) is 5.86. The van der Waals surface area contributed by atoms with Crippen LogP contribution in [-0.2, 0) is 12.8 Å². The fourth-order valence-corrected chi connectivity index (χ4v) is 3.51. The van der Waals surface area contributed by atoms with Gasteiger partial charge in [-0.1, -0.05) is 37.7 Å². The van der Waals surface area contributed by atoms with Crippen molar-refractivity contribution in [3.8, 4) is 6.07 Å². The molecule has 3 rings (SSSR count). The molecule has 0 amide bonds. The number of hydrogen-bond acceptors (Lipinski definition) is 3. The van der Waals surface area contributed by atoms with E-state index in [4.69, 9.17) is 4.98 Å². The van der Waals surface area contributed by atoms with Gasteiger partial charge in [-0.2, -0.15) is 5.26 Å². The summed E-state index contributed by atoms with van der Waals surface area (Å²) in [6.45, 7) is 4.38. The molecule has 0 spiro atoms. The van der Waals surface area contributed by atoms with Gasteiger partial charge in [-0.05, 0) is 54.5 Å². The number of rotatable bonds is 3. The SMILES string of the molecule is CC(C)c1ccc(Sc2nc3c(cc2C#N)CCC3)cc1. The average molecular weight is 294 g/mol. The van der Waals surface area contributed by atoms with Crippen LogP contribution in [0.1, 0.15) is 48.6 Å². The van der Waals surface area contributed by atoms with Gasteiger partial charge in [0, 0.05) is 10.6 Å². The summed E-state index contributed by atoms with van der Waals surface area (Å²) < 4.78 is 0. The second kappa shape index (κ2) is 5.91. The maximum atomic E-state index is 9.34. The summed E-state index contributed by atoms with van der Waals surface area (Å²) in [5.74, 6) is 0.539. The topological polar surface area (TPSA) is 36.7 Å². The molecule has 1 heterocycles. The molecule has 0 radical (unpaired) electrons. The molecule has 0 bridgehead atoms. The number of nitrogens with zero attached hydrogens (tertiary/aromatic N) is 2. The van der Waals surface area contributed by atoms with Crippen LogP contribution in [-0.4, -0.2) is 4.98 Å². The average Bonchev–Trinajstić information content (AvgIpc) is 2.94. The minimum absolute atomic E-state index is 0.539. The van der Waals surface area contributed by atoms with Crippen molar-refractivity contribution in [1.29, 1.82) is 5.26 Å². The van der Waals surface area contributed by atoms with E-state index in [1.165, 1.54) is 16.8 Å². The molecule has 0 saturated heterocycles. The Morgan fingerprint density at radius 1 is 1.19 bits per heavy atom. The lowest BCUT2D eigenvalue weighted by molar-refractivity contribution is 0.865. The Labute approximate surface area is 130 Å². The monoisotopic (exact) mass is 294 g/mol. The molecule has 0 atom stereocenters. The molecule has 0 N–H and O–H groups in total. The number of aryl methyl sites for hydroxylation is 2. The first kappa shape index (κ1) is 14.2. The molecule has 1 aromatic heterocycles. The second-order valence-electron chi connectivity index (χ2n) is 5.74.